The van der Waals surface area contributed by atoms with Crippen LogP contribution in [0, 0.1) is 12.8 Å². The van der Waals surface area contributed by atoms with Crippen molar-refractivity contribution in [3.8, 4) is 0 Å². The van der Waals surface area contributed by atoms with Gasteiger partial charge in [0.1, 0.15) is 0 Å². The summed E-state index contributed by atoms with van der Waals surface area (Å²) in [6.45, 7) is 10.5. The van der Waals surface area contributed by atoms with Crippen LogP contribution in [0.4, 0.5) is 5.95 Å². The molecule has 18 heavy (non-hydrogen) atoms. The molecule has 1 aliphatic rings. The van der Waals surface area contributed by atoms with Crippen LogP contribution in [0.2, 0.25) is 0 Å². The molecule has 0 bridgehead atoms. The fourth-order valence-electron chi connectivity index (χ4n) is 2.41. The first kappa shape index (κ1) is 13.3. The van der Waals surface area contributed by atoms with Gasteiger partial charge in [0.15, 0.2) is 0 Å². The van der Waals surface area contributed by atoms with Gasteiger partial charge in [0.2, 0.25) is 5.95 Å². The van der Waals surface area contributed by atoms with Gasteiger partial charge in [0, 0.05) is 37.1 Å². The maximum absolute atomic E-state index is 4.65. The summed E-state index contributed by atoms with van der Waals surface area (Å²) in [6.07, 6.45) is 4.51. The third-order valence-electron chi connectivity index (χ3n) is 3.78. The lowest BCUT2D eigenvalue weighted by atomic mass is 10.1. The van der Waals surface area contributed by atoms with Crippen molar-refractivity contribution in [2.45, 2.75) is 40.2 Å². The zero-order valence-corrected chi connectivity index (χ0v) is 11.7. The predicted molar refractivity (Wildman–Crippen MR) is 74.8 cm³/mol. The molecular weight excluding hydrogens is 224 g/mol. The van der Waals surface area contributed by atoms with Crippen LogP contribution >= 0.6 is 0 Å². The maximum atomic E-state index is 4.65. The molecule has 0 spiro atoms. The molecule has 1 aliphatic heterocycles. The molecule has 1 fully saturated rings. The van der Waals surface area contributed by atoms with Gasteiger partial charge in [0.25, 0.3) is 0 Å². The van der Waals surface area contributed by atoms with E-state index in [4.69, 9.17) is 0 Å². The minimum atomic E-state index is 0.815. The zero-order chi connectivity index (χ0) is 13.0. The van der Waals surface area contributed by atoms with Crippen LogP contribution in [-0.2, 0) is 6.54 Å². The Morgan fingerprint density at radius 2 is 2.28 bits per heavy atom. The molecule has 2 rings (SSSR count). The second-order valence-corrected chi connectivity index (χ2v) is 5.07. The van der Waals surface area contributed by atoms with Crippen LogP contribution in [0.25, 0.3) is 0 Å². The first-order valence-electron chi connectivity index (χ1n) is 7.02. The van der Waals surface area contributed by atoms with E-state index < -0.39 is 0 Å². The van der Waals surface area contributed by atoms with Crippen molar-refractivity contribution in [2.75, 3.05) is 24.5 Å². The number of rotatable bonds is 5. The first-order chi connectivity index (χ1) is 8.74. The summed E-state index contributed by atoms with van der Waals surface area (Å²) in [7, 11) is 0. The summed E-state index contributed by atoms with van der Waals surface area (Å²) in [6, 6.07) is 0. The van der Waals surface area contributed by atoms with E-state index in [1.807, 2.05) is 6.20 Å². The lowest BCUT2D eigenvalue weighted by Crippen LogP contribution is -2.23. The number of hydrogen-bond donors (Lipinski definition) is 1. The SMILES string of the molecule is CCNCc1cnc(N2CCC(CC)C2)nc1C. The fraction of sp³-hybridized carbons (Fsp3) is 0.714. The van der Waals surface area contributed by atoms with Gasteiger partial charge >= 0.3 is 0 Å². The van der Waals surface area contributed by atoms with Crippen molar-refractivity contribution in [3.63, 3.8) is 0 Å². The first-order valence-corrected chi connectivity index (χ1v) is 7.02. The van der Waals surface area contributed by atoms with Gasteiger partial charge in [0.05, 0.1) is 0 Å². The van der Waals surface area contributed by atoms with E-state index in [1.165, 1.54) is 18.4 Å². The molecule has 1 saturated heterocycles. The Hall–Kier alpha value is -1.16. The van der Waals surface area contributed by atoms with Crippen LogP contribution < -0.4 is 10.2 Å². The number of nitrogens with one attached hydrogen (secondary N) is 1. The largest absolute Gasteiger partial charge is 0.341 e. The molecule has 1 atom stereocenters. The Labute approximate surface area is 110 Å². The van der Waals surface area contributed by atoms with Crippen molar-refractivity contribution in [1.29, 1.82) is 0 Å². The van der Waals surface area contributed by atoms with E-state index in [0.29, 0.717) is 0 Å². The molecule has 1 aromatic heterocycles. The van der Waals surface area contributed by atoms with Crippen LogP contribution in [0.1, 0.15) is 37.9 Å². The van der Waals surface area contributed by atoms with Gasteiger partial charge in [-0.15, -0.1) is 0 Å². The van der Waals surface area contributed by atoms with E-state index in [9.17, 15) is 0 Å². The Balaban J connectivity index is 2.04. The molecule has 1 aromatic rings. The van der Waals surface area contributed by atoms with Crippen molar-refractivity contribution < 1.29 is 0 Å². The average molecular weight is 248 g/mol. The number of hydrogen-bond acceptors (Lipinski definition) is 4. The summed E-state index contributed by atoms with van der Waals surface area (Å²) in [5.74, 6) is 1.72. The van der Waals surface area contributed by atoms with Gasteiger partial charge in [-0.05, 0) is 25.8 Å². The minimum absolute atomic E-state index is 0.815. The highest BCUT2D eigenvalue weighted by Gasteiger charge is 2.23. The van der Waals surface area contributed by atoms with Crippen molar-refractivity contribution in [3.05, 3.63) is 17.5 Å². The van der Waals surface area contributed by atoms with Gasteiger partial charge in [-0.2, -0.15) is 0 Å². The van der Waals surface area contributed by atoms with Crippen LogP contribution in [0.3, 0.4) is 0 Å². The number of nitrogens with zero attached hydrogens (tertiary/aromatic N) is 3. The van der Waals surface area contributed by atoms with E-state index in [0.717, 1.165) is 43.7 Å². The zero-order valence-electron chi connectivity index (χ0n) is 11.7. The van der Waals surface area contributed by atoms with Crippen molar-refractivity contribution in [2.24, 2.45) is 5.92 Å². The lowest BCUT2D eigenvalue weighted by molar-refractivity contribution is 0.568. The molecule has 1 unspecified atom stereocenters. The van der Waals surface area contributed by atoms with E-state index in [-0.39, 0.29) is 0 Å². The maximum Gasteiger partial charge on any atom is 0.225 e. The van der Waals surface area contributed by atoms with Crippen LogP contribution in [0.15, 0.2) is 6.20 Å². The Morgan fingerprint density at radius 1 is 1.44 bits per heavy atom. The fourth-order valence-corrected chi connectivity index (χ4v) is 2.41. The van der Waals surface area contributed by atoms with E-state index in [1.54, 1.807) is 0 Å². The van der Waals surface area contributed by atoms with Crippen molar-refractivity contribution >= 4 is 5.95 Å². The molecule has 0 aliphatic carbocycles. The predicted octanol–water partition coefficient (Wildman–Crippen LogP) is 2.13. The minimum Gasteiger partial charge on any atom is -0.341 e. The summed E-state index contributed by atoms with van der Waals surface area (Å²) in [4.78, 5) is 11.5. The van der Waals surface area contributed by atoms with Gasteiger partial charge in [-0.3, -0.25) is 0 Å². The van der Waals surface area contributed by atoms with Crippen LogP contribution in [-0.4, -0.2) is 29.6 Å². The molecule has 0 saturated carbocycles. The second kappa shape index (κ2) is 6.14. The van der Waals surface area contributed by atoms with E-state index >= 15 is 0 Å². The van der Waals surface area contributed by atoms with Crippen LogP contribution in [0.5, 0.6) is 0 Å². The molecule has 2 heterocycles. The third kappa shape index (κ3) is 2.99. The molecule has 0 amide bonds. The molecule has 4 heteroatoms. The number of aromatic nitrogens is 2. The molecular formula is C14H24N4. The highest BCUT2D eigenvalue weighted by atomic mass is 15.3. The smallest absolute Gasteiger partial charge is 0.225 e. The lowest BCUT2D eigenvalue weighted by Gasteiger charge is -2.17. The average Bonchev–Trinajstić information content (AvgIpc) is 2.86. The van der Waals surface area contributed by atoms with E-state index in [2.05, 4.69) is 41.0 Å². The normalized spacial score (nSPS) is 19.5. The molecule has 1 N–H and O–H groups in total. The second-order valence-electron chi connectivity index (χ2n) is 5.07. The molecule has 0 radical (unpaired) electrons. The Kier molecular flexibility index (Phi) is 4.53. The quantitative estimate of drug-likeness (QED) is 0.866. The summed E-state index contributed by atoms with van der Waals surface area (Å²) in [5, 5.41) is 3.32. The monoisotopic (exact) mass is 248 g/mol. The number of aryl methyl sites for hydroxylation is 1. The molecule has 0 aromatic carbocycles. The summed E-state index contributed by atoms with van der Waals surface area (Å²) < 4.78 is 0. The molecule has 4 nitrogen and oxygen atoms in total. The molecule has 100 valence electrons. The third-order valence-corrected chi connectivity index (χ3v) is 3.78. The van der Waals surface area contributed by atoms with Crippen molar-refractivity contribution in [1.82, 2.24) is 15.3 Å². The number of anilines is 1. The Bertz CT molecular complexity index is 391. The highest BCUT2D eigenvalue weighted by Crippen LogP contribution is 2.23. The summed E-state index contributed by atoms with van der Waals surface area (Å²) in [5.41, 5.74) is 2.30. The Morgan fingerprint density at radius 3 is 2.89 bits per heavy atom. The van der Waals surface area contributed by atoms with Gasteiger partial charge in [-0.1, -0.05) is 20.3 Å². The highest BCUT2D eigenvalue weighted by molar-refractivity contribution is 5.34. The summed E-state index contributed by atoms with van der Waals surface area (Å²) >= 11 is 0. The topological polar surface area (TPSA) is 41.1 Å². The van der Waals surface area contributed by atoms with Gasteiger partial charge < -0.3 is 10.2 Å². The standard InChI is InChI=1S/C14H24N4/c1-4-12-6-7-18(10-12)14-16-9-13(8-15-5-2)11(3)17-14/h9,12,15H,4-8,10H2,1-3H3. The van der Waals surface area contributed by atoms with Gasteiger partial charge in [-0.25, -0.2) is 9.97 Å².